The molecule has 0 aromatic heterocycles. The molecule has 0 aliphatic carbocycles. The number of rotatable bonds is 50. The number of aliphatic hydroxyl groups is 2. The van der Waals surface area contributed by atoms with Crippen LogP contribution in [0.4, 0.5) is 0 Å². The highest BCUT2D eigenvalue weighted by molar-refractivity contribution is 4.53. The van der Waals surface area contributed by atoms with Crippen LogP contribution in [0.1, 0.15) is 283 Å². The minimum Gasteiger partial charge on any atom is -0.396 e. The van der Waals surface area contributed by atoms with E-state index in [1.54, 1.807) is 0 Å². The zero-order valence-corrected chi connectivity index (χ0v) is 36.2. The van der Waals surface area contributed by atoms with Gasteiger partial charge in [0, 0.05) is 13.2 Å². The van der Waals surface area contributed by atoms with Crippen molar-refractivity contribution in [3.63, 3.8) is 0 Å². The number of aliphatic hydroxyl groups excluding tert-OH is 2. The van der Waals surface area contributed by atoms with Gasteiger partial charge in [0.05, 0.1) is 13.2 Å². The quantitative estimate of drug-likeness (QED) is 0.0426. The molecule has 0 amide bonds. The van der Waals surface area contributed by atoms with Gasteiger partial charge in [-0.2, -0.15) is 0 Å². The molecule has 0 saturated carbocycles. The lowest BCUT2D eigenvalue weighted by Gasteiger charge is -2.07. The van der Waals surface area contributed by atoms with Crippen LogP contribution >= 0.6 is 0 Å². The molecule has 53 heavy (non-hydrogen) atoms. The summed E-state index contributed by atoms with van der Waals surface area (Å²) in [6, 6.07) is 0. The Morgan fingerprint density at radius 2 is 0.321 bits per heavy atom. The molecule has 0 fully saturated rings. The molecule has 0 bridgehead atoms. The predicted octanol–water partition coefficient (Wildman–Crippen LogP) is 15.6. The van der Waals surface area contributed by atoms with E-state index in [-0.39, 0.29) is 0 Å². The van der Waals surface area contributed by atoms with E-state index in [4.69, 9.17) is 19.9 Å². The molecule has 320 valence electrons. The van der Waals surface area contributed by atoms with Crippen LogP contribution in [0.2, 0.25) is 0 Å². The maximum Gasteiger partial charge on any atom is 0.0709 e. The largest absolute Gasteiger partial charge is 0.396 e. The summed E-state index contributed by atoms with van der Waals surface area (Å²) < 4.78 is 0. The van der Waals surface area contributed by atoms with Crippen molar-refractivity contribution in [1.82, 2.24) is 5.64 Å². The lowest BCUT2D eigenvalue weighted by atomic mass is 10.0. The third kappa shape index (κ3) is 51.8. The number of hydrogen-bond acceptors (Lipinski definition) is 5. The first-order chi connectivity index (χ1) is 26.4. The molecule has 0 atom stereocenters. The number of nitrogens with one attached hydrogen (secondary N) is 1. The summed E-state index contributed by atoms with van der Waals surface area (Å²) in [6.45, 7) is 2.23. The van der Waals surface area contributed by atoms with E-state index in [0.717, 1.165) is 38.9 Å². The molecule has 0 aliphatic rings. The van der Waals surface area contributed by atoms with E-state index in [9.17, 15) is 0 Å². The van der Waals surface area contributed by atoms with Gasteiger partial charge in [0.1, 0.15) is 0 Å². The summed E-state index contributed by atoms with van der Waals surface area (Å²) >= 11 is 0. The van der Waals surface area contributed by atoms with E-state index in [0.29, 0.717) is 13.2 Å². The van der Waals surface area contributed by atoms with Crippen LogP contribution < -0.4 is 5.64 Å². The maximum absolute atomic E-state index is 8.81. The molecule has 0 unspecified atom stereocenters. The van der Waals surface area contributed by atoms with Crippen LogP contribution in [0.15, 0.2) is 0 Å². The van der Waals surface area contributed by atoms with Crippen LogP contribution in [0, 0.1) is 0 Å². The van der Waals surface area contributed by atoms with Crippen molar-refractivity contribution in [1.29, 1.82) is 0 Å². The SMILES string of the molecule is OCCCCCCCCCCCCCCCCCCCCCCCCONOCCCCCCCCCCCCCCCCCCCCCCCCO. The summed E-state index contributed by atoms with van der Waals surface area (Å²) in [7, 11) is 0. The molecule has 0 spiro atoms. The first kappa shape index (κ1) is 52.8. The Morgan fingerprint density at radius 1 is 0.189 bits per heavy atom. The van der Waals surface area contributed by atoms with Gasteiger partial charge in [-0.25, -0.2) is 0 Å². The molecule has 0 heterocycles. The topological polar surface area (TPSA) is 71.0 Å². The van der Waals surface area contributed by atoms with E-state index in [1.807, 2.05) is 0 Å². The highest BCUT2D eigenvalue weighted by Crippen LogP contribution is 2.17. The maximum atomic E-state index is 8.81. The van der Waals surface area contributed by atoms with Crippen LogP contribution in [-0.2, 0) is 9.68 Å². The molecule has 0 aromatic carbocycles. The average molecular weight is 754 g/mol. The summed E-state index contributed by atoms with van der Waals surface area (Å²) in [4.78, 5) is 10.9. The summed E-state index contributed by atoms with van der Waals surface area (Å²) in [5, 5.41) is 17.6. The van der Waals surface area contributed by atoms with Gasteiger partial charge < -0.3 is 10.2 Å². The molecule has 5 nitrogen and oxygen atoms in total. The van der Waals surface area contributed by atoms with Crippen molar-refractivity contribution in [3.8, 4) is 0 Å². The lowest BCUT2D eigenvalue weighted by Crippen LogP contribution is -2.16. The van der Waals surface area contributed by atoms with Crippen molar-refractivity contribution < 1.29 is 19.9 Å². The highest BCUT2D eigenvalue weighted by atomic mass is 16.9. The Balaban J connectivity index is 3.05. The van der Waals surface area contributed by atoms with Crippen LogP contribution in [0.25, 0.3) is 0 Å². The standard InChI is InChI=1S/C48H99NO4/c50-45-41-37-33-29-25-21-17-13-9-5-1-3-7-11-15-19-23-27-31-35-39-43-47-52-49-53-48-44-40-36-32-28-24-20-16-12-8-4-2-6-10-14-18-22-26-30-34-38-42-46-51/h49-51H,1-48H2. The van der Waals surface area contributed by atoms with E-state index in [2.05, 4.69) is 5.64 Å². The van der Waals surface area contributed by atoms with Gasteiger partial charge in [0.25, 0.3) is 0 Å². The molecule has 3 N–H and O–H groups in total. The molecule has 0 aromatic rings. The lowest BCUT2D eigenvalue weighted by molar-refractivity contribution is -0.171. The van der Waals surface area contributed by atoms with Gasteiger partial charge in [-0.3, -0.25) is 9.68 Å². The number of unbranched alkanes of at least 4 members (excludes halogenated alkanes) is 42. The molecule has 5 heteroatoms. The van der Waals surface area contributed by atoms with Gasteiger partial charge in [0.15, 0.2) is 0 Å². The summed E-state index contributed by atoms with van der Waals surface area (Å²) in [5.74, 6) is 0. The van der Waals surface area contributed by atoms with Gasteiger partial charge in [-0.1, -0.05) is 262 Å². The molecule has 0 rings (SSSR count). The monoisotopic (exact) mass is 754 g/mol. The second-order valence-corrected chi connectivity index (χ2v) is 16.8. The van der Waals surface area contributed by atoms with E-state index >= 15 is 0 Å². The zero-order valence-electron chi connectivity index (χ0n) is 36.2. The van der Waals surface area contributed by atoms with Crippen molar-refractivity contribution in [2.24, 2.45) is 0 Å². The molecular weight excluding hydrogens is 655 g/mol. The smallest absolute Gasteiger partial charge is 0.0709 e. The minimum absolute atomic E-state index is 0.366. The van der Waals surface area contributed by atoms with Crippen molar-refractivity contribution in [2.75, 3.05) is 26.4 Å². The van der Waals surface area contributed by atoms with E-state index in [1.165, 1.54) is 257 Å². The first-order valence-electron chi connectivity index (χ1n) is 24.6. The van der Waals surface area contributed by atoms with Crippen molar-refractivity contribution in [2.45, 2.75) is 283 Å². The third-order valence-electron chi connectivity index (χ3n) is 11.4. The van der Waals surface area contributed by atoms with Gasteiger partial charge in [0.2, 0.25) is 0 Å². The zero-order chi connectivity index (χ0) is 38.1. The van der Waals surface area contributed by atoms with Gasteiger partial charge in [-0.15, -0.1) is 0 Å². The summed E-state index contributed by atoms with van der Waals surface area (Å²) in [6.07, 6.45) is 60.0. The minimum atomic E-state index is 0.366. The van der Waals surface area contributed by atoms with Crippen LogP contribution in [-0.4, -0.2) is 36.6 Å². The highest BCUT2D eigenvalue weighted by Gasteiger charge is 1.99. The van der Waals surface area contributed by atoms with Gasteiger partial charge in [-0.05, 0) is 25.7 Å². The normalized spacial score (nSPS) is 11.7. The van der Waals surface area contributed by atoms with Crippen LogP contribution in [0.5, 0.6) is 0 Å². The second kappa shape index (κ2) is 51.8. The fourth-order valence-corrected chi connectivity index (χ4v) is 7.77. The first-order valence-corrected chi connectivity index (χ1v) is 24.6. The average Bonchev–Trinajstić information content (AvgIpc) is 3.17. The van der Waals surface area contributed by atoms with Crippen molar-refractivity contribution in [3.05, 3.63) is 0 Å². The Labute approximate surface area is 333 Å². The second-order valence-electron chi connectivity index (χ2n) is 16.8. The van der Waals surface area contributed by atoms with Gasteiger partial charge >= 0.3 is 0 Å². The Bertz CT molecular complexity index is 556. The number of hydrogen-bond donors (Lipinski definition) is 3. The molecular formula is C48H99NO4. The Kier molecular flexibility index (Phi) is 51.6. The fourth-order valence-electron chi connectivity index (χ4n) is 7.77. The molecule has 0 saturated heterocycles. The summed E-state index contributed by atoms with van der Waals surface area (Å²) in [5.41, 5.74) is 2.70. The predicted molar refractivity (Wildman–Crippen MR) is 232 cm³/mol. The Hall–Kier alpha value is -0.200. The van der Waals surface area contributed by atoms with Crippen molar-refractivity contribution >= 4 is 0 Å². The third-order valence-corrected chi connectivity index (χ3v) is 11.4. The Morgan fingerprint density at radius 3 is 0.472 bits per heavy atom. The fraction of sp³-hybridized carbons (Fsp3) is 1.00. The van der Waals surface area contributed by atoms with Crippen LogP contribution in [0.3, 0.4) is 0 Å². The molecule has 0 radical (unpaired) electrons. The van der Waals surface area contributed by atoms with E-state index < -0.39 is 0 Å². The molecule has 0 aliphatic heterocycles.